The summed E-state index contributed by atoms with van der Waals surface area (Å²) < 4.78 is 12.9. The molecule has 0 aromatic heterocycles. The Balaban J connectivity index is 3.09. The van der Waals surface area contributed by atoms with Crippen molar-refractivity contribution in [3.63, 3.8) is 0 Å². The van der Waals surface area contributed by atoms with Gasteiger partial charge in [-0.15, -0.1) is 0 Å². The number of Topliss-reactive ketones (excluding diaryl/α,β-unsaturated/α-hetero) is 1. The van der Waals surface area contributed by atoms with Crippen molar-refractivity contribution < 1.29 is 9.18 Å². The number of rotatable bonds is 3. The lowest BCUT2D eigenvalue weighted by molar-refractivity contribution is -0.116. The monoisotopic (exact) mass is 194 g/mol. The van der Waals surface area contributed by atoms with Crippen LogP contribution in [0.5, 0.6) is 0 Å². The molecule has 0 fully saturated rings. The maximum Gasteiger partial charge on any atom is 0.134 e. The smallest absolute Gasteiger partial charge is 0.134 e. The van der Waals surface area contributed by atoms with Crippen molar-refractivity contribution in [1.29, 1.82) is 0 Å². The maximum atomic E-state index is 12.9. The van der Waals surface area contributed by atoms with Crippen molar-refractivity contribution in [2.24, 2.45) is 0 Å². The van der Waals surface area contributed by atoms with E-state index in [9.17, 15) is 9.18 Å². The van der Waals surface area contributed by atoms with Gasteiger partial charge in [-0.25, -0.2) is 4.39 Å². The molecule has 0 N–H and O–H groups in total. The Morgan fingerprint density at radius 1 is 1.43 bits per heavy atom. The summed E-state index contributed by atoms with van der Waals surface area (Å²) >= 11 is 0. The molecule has 1 aromatic carbocycles. The van der Waals surface area contributed by atoms with Crippen LogP contribution in [0.1, 0.15) is 37.8 Å². The van der Waals surface area contributed by atoms with Gasteiger partial charge in [-0.3, -0.25) is 4.79 Å². The summed E-state index contributed by atoms with van der Waals surface area (Å²) in [5.41, 5.74) is 1.87. The van der Waals surface area contributed by atoms with Gasteiger partial charge in [0.05, 0.1) is 0 Å². The van der Waals surface area contributed by atoms with Crippen LogP contribution in [-0.4, -0.2) is 5.78 Å². The van der Waals surface area contributed by atoms with Gasteiger partial charge in [0, 0.05) is 6.42 Å². The minimum absolute atomic E-state index is 0.0671. The third kappa shape index (κ3) is 2.66. The Bertz CT molecular complexity index is 342. The van der Waals surface area contributed by atoms with Crippen LogP contribution in [0.2, 0.25) is 0 Å². The Morgan fingerprint density at radius 3 is 2.57 bits per heavy atom. The van der Waals surface area contributed by atoms with Crippen molar-refractivity contribution in [1.82, 2.24) is 0 Å². The largest absolute Gasteiger partial charge is 0.300 e. The van der Waals surface area contributed by atoms with Crippen molar-refractivity contribution in [3.8, 4) is 0 Å². The second kappa shape index (κ2) is 4.36. The van der Waals surface area contributed by atoms with E-state index >= 15 is 0 Å². The van der Waals surface area contributed by atoms with Crippen molar-refractivity contribution in [2.75, 3.05) is 0 Å². The Morgan fingerprint density at radius 2 is 2.07 bits per heavy atom. The molecule has 0 aliphatic carbocycles. The summed E-state index contributed by atoms with van der Waals surface area (Å²) in [5, 5.41) is 0. The highest BCUT2D eigenvalue weighted by atomic mass is 19.1. The molecule has 0 saturated heterocycles. The van der Waals surface area contributed by atoms with E-state index in [0.29, 0.717) is 12.3 Å². The summed E-state index contributed by atoms with van der Waals surface area (Å²) in [6.07, 6.45) is 0.325. The summed E-state index contributed by atoms with van der Waals surface area (Å²) in [6, 6.07) is 4.66. The molecule has 0 radical (unpaired) electrons. The molecule has 0 spiro atoms. The van der Waals surface area contributed by atoms with Gasteiger partial charge in [0.25, 0.3) is 0 Å². The topological polar surface area (TPSA) is 17.1 Å². The van der Waals surface area contributed by atoms with E-state index in [1.54, 1.807) is 6.07 Å². The van der Waals surface area contributed by atoms with Crippen LogP contribution >= 0.6 is 0 Å². The lowest BCUT2D eigenvalue weighted by atomic mass is 9.94. The second-order valence-electron chi connectivity index (χ2n) is 3.88. The lowest BCUT2D eigenvalue weighted by Gasteiger charge is -2.11. The minimum Gasteiger partial charge on any atom is -0.300 e. The second-order valence-corrected chi connectivity index (χ2v) is 3.88. The van der Waals surface area contributed by atoms with E-state index in [-0.39, 0.29) is 11.6 Å². The standard InChI is InChI=1S/C12H15FO/c1-8(2)12-5-4-11(13)7-10(12)6-9(3)14/h4-5,7-8H,6H2,1-3H3. The molecule has 0 atom stereocenters. The maximum absolute atomic E-state index is 12.9. The van der Waals surface area contributed by atoms with Crippen molar-refractivity contribution in [2.45, 2.75) is 33.1 Å². The number of benzene rings is 1. The Labute approximate surface area is 83.9 Å². The number of carbonyl (C=O) groups excluding carboxylic acids is 1. The quantitative estimate of drug-likeness (QED) is 0.722. The summed E-state index contributed by atoms with van der Waals surface area (Å²) in [6.45, 7) is 5.60. The first-order valence-corrected chi connectivity index (χ1v) is 4.78. The molecule has 76 valence electrons. The molecule has 0 amide bonds. The first-order valence-electron chi connectivity index (χ1n) is 4.78. The number of carbonyl (C=O) groups is 1. The minimum atomic E-state index is -0.273. The highest BCUT2D eigenvalue weighted by Gasteiger charge is 2.09. The zero-order chi connectivity index (χ0) is 10.7. The van der Waals surface area contributed by atoms with E-state index in [0.717, 1.165) is 11.1 Å². The van der Waals surface area contributed by atoms with Gasteiger partial charge in [0.2, 0.25) is 0 Å². The van der Waals surface area contributed by atoms with Crippen LogP contribution in [0, 0.1) is 5.82 Å². The van der Waals surface area contributed by atoms with Gasteiger partial charge in [0.15, 0.2) is 0 Å². The predicted molar refractivity (Wildman–Crippen MR) is 54.9 cm³/mol. The molecule has 0 bridgehead atoms. The Hall–Kier alpha value is -1.18. The van der Waals surface area contributed by atoms with Crippen LogP contribution in [-0.2, 0) is 11.2 Å². The molecule has 14 heavy (non-hydrogen) atoms. The predicted octanol–water partition coefficient (Wildman–Crippen LogP) is 3.08. The molecular weight excluding hydrogens is 179 g/mol. The fourth-order valence-corrected chi connectivity index (χ4v) is 1.56. The summed E-state index contributed by atoms with van der Waals surface area (Å²) in [7, 11) is 0. The van der Waals surface area contributed by atoms with Crippen LogP contribution in [0.15, 0.2) is 18.2 Å². The average molecular weight is 194 g/mol. The molecule has 0 aliphatic rings. The highest BCUT2D eigenvalue weighted by Crippen LogP contribution is 2.21. The molecule has 1 rings (SSSR count). The van der Waals surface area contributed by atoms with Crippen LogP contribution in [0.4, 0.5) is 4.39 Å². The molecule has 0 aliphatic heterocycles. The van der Waals surface area contributed by atoms with Crippen molar-refractivity contribution in [3.05, 3.63) is 35.1 Å². The van der Waals surface area contributed by atoms with Crippen molar-refractivity contribution >= 4 is 5.78 Å². The molecule has 0 saturated carbocycles. The van der Waals surface area contributed by atoms with Crippen LogP contribution in [0.25, 0.3) is 0 Å². The highest BCUT2D eigenvalue weighted by molar-refractivity contribution is 5.78. The third-order valence-electron chi connectivity index (χ3n) is 2.17. The molecule has 1 nitrogen and oxygen atoms in total. The number of hydrogen-bond donors (Lipinski definition) is 0. The normalized spacial score (nSPS) is 10.6. The van der Waals surface area contributed by atoms with Crippen LogP contribution in [0.3, 0.4) is 0 Å². The number of halogens is 1. The number of hydrogen-bond acceptors (Lipinski definition) is 1. The van der Waals surface area contributed by atoms with Gasteiger partial charge in [-0.2, -0.15) is 0 Å². The van der Waals surface area contributed by atoms with E-state index in [2.05, 4.69) is 0 Å². The van der Waals surface area contributed by atoms with Gasteiger partial charge >= 0.3 is 0 Å². The van der Waals surface area contributed by atoms with E-state index in [4.69, 9.17) is 0 Å². The summed E-state index contributed by atoms with van der Waals surface area (Å²) in [4.78, 5) is 11.0. The molecule has 0 unspecified atom stereocenters. The van der Waals surface area contributed by atoms with E-state index in [1.807, 2.05) is 13.8 Å². The Kier molecular flexibility index (Phi) is 3.39. The van der Waals surface area contributed by atoms with E-state index < -0.39 is 0 Å². The van der Waals surface area contributed by atoms with Gasteiger partial charge < -0.3 is 0 Å². The lowest BCUT2D eigenvalue weighted by Crippen LogP contribution is -2.03. The zero-order valence-electron chi connectivity index (χ0n) is 8.80. The fourth-order valence-electron chi connectivity index (χ4n) is 1.56. The summed E-state index contributed by atoms with van der Waals surface area (Å²) in [5.74, 6) is 0.119. The SMILES string of the molecule is CC(=O)Cc1cc(F)ccc1C(C)C. The van der Waals surface area contributed by atoms with Crippen LogP contribution < -0.4 is 0 Å². The first kappa shape index (κ1) is 10.9. The first-order chi connectivity index (χ1) is 6.50. The van der Waals surface area contributed by atoms with E-state index in [1.165, 1.54) is 19.1 Å². The van der Waals surface area contributed by atoms with Gasteiger partial charge in [-0.05, 0) is 36.1 Å². The zero-order valence-corrected chi connectivity index (χ0v) is 8.80. The van der Waals surface area contributed by atoms with Gasteiger partial charge in [0.1, 0.15) is 11.6 Å². The average Bonchev–Trinajstić information content (AvgIpc) is 2.01. The molecule has 1 aromatic rings. The number of ketones is 1. The fraction of sp³-hybridized carbons (Fsp3) is 0.417. The molecular formula is C12H15FO. The molecule has 2 heteroatoms. The third-order valence-corrected chi connectivity index (χ3v) is 2.17. The molecule has 0 heterocycles. The van der Waals surface area contributed by atoms with Gasteiger partial charge in [-0.1, -0.05) is 19.9 Å².